The number of nitrogens with one attached hydrogen (secondary N) is 2. The number of carbonyl (C=O) groups is 1. The van der Waals surface area contributed by atoms with Gasteiger partial charge in [0.2, 0.25) is 5.91 Å². The first-order valence-corrected chi connectivity index (χ1v) is 11.2. The number of halogens is 1. The van der Waals surface area contributed by atoms with Gasteiger partial charge in [0, 0.05) is 32.9 Å². The van der Waals surface area contributed by atoms with E-state index in [9.17, 15) is 4.79 Å². The minimum absolute atomic E-state index is 0. The molecule has 33 heavy (non-hydrogen) atoms. The number of ether oxygens (including phenoxy) is 1. The normalized spacial score (nSPS) is 14.3. The van der Waals surface area contributed by atoms with Crippen LogP contribution in [0.5, 0.6) is 5.75 Å². The Morgan fingerprint density at radius 1 is 1.15 bits per heavy atom. The molecule has 1 amide bonds. The van der Waals surface area contributed by atoms with Crippen molar-refractivity contribution >= 4 is 41.5 Å². The number of benzene rings is 2. The fraction of sp³-hybridized carbons (Fsp3) is 0.440. The zero-order chi connectivity index (χ0) is 22.9. The molecule has 0 spiro atoms. The molecule has 2 N–H and O–H groups in total. The number of anilines is 1. The van der Waals surface area contributed by atoms with Crippen LogP contribution in [0.4, 0.5) is 5.69 Å². The van der Waals surface area contributed by atoms with Gasteiger partial charge in [-0.05, 0) is 55.2 Å². The average Bonchev–Trinajstić information content (AvgIpc) is 3.36. The Balaban J connectivity index is 0.00000385. The second kappa shape index (κ2) is 13.3. The van der Waals surface area contributed by atoms with E-state index in [4.69, 9.17) is 9.73 Å². The quantitative estimate of drug-likeness (QED) is 0.290. The molecule has 0 saturated carbocycles. The Bertz CT molecular complexity index is 911. The molecule has 3 rings (SSSR count). The van der Waals surface area contributed by atoms with Crippen molar-refractivity contribution in [1.29, 1.82) is 0 Å². The summed E-state index contributed by atoms with van der Waals surface area (Å²) in [4.78, 5) is 20.8. The van der Waals surface area contributed by atoms with Crippen LogP contribution in [0, 0.1) is 0 Å². The second-order valence-electron chi connectivity index (χ2n) is 8.31. The molecule has 0 radical (unpaired) electrons. The Morgan fingerprint density at radius 2 is 1.85 bits per heavy atom. The van der Waals surface area contributed by atoms with E-state index in [1.54, 1.807) is 26.1 Å². The lowest BCUT2D eigenvalue weighted by Gasteiger charge is -2.22. The third-order valence-electron chi connectivity index (χ3n) is 5.68. The number of nitrogens with zero attached hydrogens (tertiary/aromatic N) is 3. The van der Waals surface area contributed by atoms with Gasteiger partial charge in [0.1, 0.15) is 5.75 Å². The van der Waals surface area contributed by atoms with E-state index in [1.165, 1.54) is 24.1 Å². The van der Waals surface area contributed by atoms with Crippen LogP contribution < -0.4 is 20.3 Å². The van der Waals surface area contributed by atoms with Gasteiger partial charge in [0.15, 0.2) is 5.96 Å². The van der Waals surface area contributed by atoms with Gasteiger partial charge in [-0.3, -0.25) is 4.79 Å². The number of likely N-dealkylation sites (N-methyl/N-ethyl adjacent to an activating group) is 1. The maximum atomic E-state index is 12.1. The number of amides is 1. The molecule has 1 aliphatic rings. The number of guanidine groups is 1. The van der Waals surface area contributed by atoms with Crippen LogP contribution in [-0.4, -0.2) is 57.6 Å². The number of hydrogen-bond acceptors (Lipinski definition) is 4. The van der Waals surface area contributed by atoms with Crippen molar-refractivity contribution in [1.82, 2.24) is 15.5 Å². The molecule has 7 nitrogen and oxygen atoms in total. The van der Waals surface area contributed by atoms with Gasteiger partial charge < -0.3 is 25.2 Å². The van der Waals surface area contributed by atoms with E-state index < -0.39 is 0 Å². The summed E-state index contributed by atoms with van der Waals surface area (Å²) in [6, 6.07) is 16.5. The van der Waals surface area contributed by atoms with E-state index in [2.05, 4.69) is 46.7 Å². The van der Waals surface area contributed by atoms with Crippen LogP contribution >= 0.6 is 24.0 Å². The molecule has 2 aromatic carbocycles. The van der Waals surface area contributed by atoms with Gasteiger partial charge in [-0.2, -0.15) is 0 Å². The molecular formula is C25H36IN5O2. The molecule has 1 fully saturated rings. The lowest BCUT2D eigenvalue weighted by molar-refractivity contribution is -0.127. The van der Waals surface area contributed by atoms with Gasteiger partial charge in [0.05, 0.1) is 26.2 Å². The molecule has 8 heteroatoms. The summed E-state index contributed by atoms with van der Waals surface area (Å²) in [6.07, 6.45) is 2.51. The summed E-state index contributed by atoms with van der Waals surface area (Å²) in [5.41, 5.74) is 3.52. The Hall–Kier alpha value is -2.49. The first-order valence-electron chi connectivity index (χ1n) is 11.2. The van der Waals surface area contributed by atoms with Crippen LogP contribution in [0.1, 0.15) is 36.9 Å². The standard InChI is InChI=1S/C25H35N5O2.HI/c1-19(21-8-7-9-22(16-21)30-14-5-6-15-30)28-25(27-18-24(31)29(2)3)26-17-20-10-12-23(32-4)13-11-20;/h7-13,16,19H,5-6,14-15,17-18H2,1-4H3,(H2,26,27,28);1H. The van der Waals surface area contributed by atoms with Gasteiger partial charge in [-0.15, -0.1) is 24.0 Å². The summed E-state index contributed by atoms with van der Waals surface area (Å²) in [7, 11) is 5.15. The van der Waals surface area contributed by atoms with E-state index >= 15 is 0 Å². The van der Waals surface area contributed by atoms with E-state index in [0.717, 1.165) is 24.4 Å². The molecule has 1 unspecified atom stereocenters. The first-order chi connectivity index (χ1) is 15.5. The molecular weight excluding hydrogens is 529 g/mol. The highest BCUT2D eigenvalue weighted by Crippen LogP contribution is 2.24. The molecule has 1 heterocycles. The Morgan fingerprint density at radius 3 is 2.48 bits per heavy atom. The highest BCUT2D eigenvalue weighted by atomic mass is 127. The lowest BCUT2D eigenvalue weighted by atomic mass is 10.1. The summed E-state index contributed by atoms with van der Waals surface area (Å²) >= 11 is 0. The van der Waals surface area contributed by atoms with Crippen molar-refractivity contribution in [2.75, 3.05) is 45.7 Å². The molecule has 0 aliphatic carbocycles. The fourth-order valence-corrected chi connectivity index (χ4v) is 3.63. The fourth-order valence-electron chi connectivity index (χ4n) is 3.63. The monoisotopic (exact) mass is 565 g/mol. The smallest absolute Gasteiger partial charge is 0.241 e. The van der Waals surface area contributed by atoms with E-state index in [1.807, 2.05) is 24.3 Å². The zero-order valence-electron chi connectivity index (χ0n) is 20.0. The van der Waals surface area contributed by atoms with Crippen LogP contribution in [0.3, 0.4) is 0 Å². The topological polar surface area (TPSA) is 69.2 Å². The number of hydrogen-bond donors (Lipinski definition) is 2. The molecule has 0 bridgehead atoms. The summed E-state index contributed by atoms with van der Waals surface area (Å²) in [5, 5.41) is 6.64. The predicted molar refractivity (Wildman–Crippen MR) is 146 cm³/mol. The number of aliphatic imine (C=N–C) groups is 1. The summed E-state index contributed by atoms with van der Waals surface area (Å²) in [5.74, 6) is 1.42. The number of rotatable bonds is 8. The van der Waals surface area contributed by atoms with Crippen molar-refractivity contribution in [2.24, 2.45) is 4.99 Å². The molecule has 1 atom stereocenters. The number of methoxy groups -OCH3 is 1. The summed E-state index contributed by atoms with van der Waals surface area (Å²) in [6.45, 7) is 5.03. The minimum atomic E-state index is -0.00682. The highest BCUT2D eigenvalue weighted by Gasteiger charge is 2.15. The second-order valence-corrected chi connectivity index (χ2v) is 8.31. The number of carbonyl (C=O) groups excluding carboxylic acids is 1. The van der Waals surface area contributed by atoms with Crippen molar-refractivity contribution in [3.63, 3.8) is 0 Å². The van der Waals surface area contributed by atoms with Crippen molar-refractivity contribution in [3.05, 3.63) is 59.7 Å². The third kappa shape index (κ3) is 8.10. The predicted octanol–water partition coefficient (Wildman–Crippen LogP) is 3.80. The largest absolute Gasteiger partial charge is 0.497 e. The van der Waals surface area contributed by atoms with Gasteiger partial charge in [0.25, 0.3) is 0 Å². The lowest BCUT2D eigenvalue weighted by Crippen LogP contribution is -2.43. The van der Waals surface area contributed by atoms with E-state index in [-0.39, 0.29) is 42.5 Å². The van der Waals surface area contributed by atoms with Crippen molar-refractivity contribution < 1.29 is 9.53 Å². The molecule has 0 aromatic heterocycles. The Kier molecular flexibility index (Phi) is 10.8. The molecule has 1 aliphatic heterocycles. The van der Waals surface area contributed by atoms with Crippen LogP contribution in [0.15, 0.2) is 53.5 Å². The maximum Gasteiger partial charge on any atom is 0.241 e. The average molecular weight is 566 g/mol. The molecule has 180 valence electrons. The zero-order valence-corrected chi connectivity index (χ0v) is 22.3. The van der Waals surface area contributed by atoms with E-state index in [0.29, 0.717) is 12.5 Å². The summed E-state index contributed by atoms with van der Waals surface area (Å²) < 4.78 is 5.22. The molecule has 1 saturated heterocycles. The SMILES string of the molecule is COc1ccc(CN=C(NCC(=O)N(C)C)NC(C)c2cccc(N3CCCC3)c2)cc1.I. The minimum Gasteiger partial charge on any atom is -0.497 e. The first kappa shape index (κ1) is 26.8. The van der Waals surface area contributed by atoms with Crippen LogP contribution in [0.25, 0.3) is 0 Å². The molecule has 2 aromatic rings. The van der Waals surface area contributed by atoms with Gasteiger partial charge in [-0.25, -0.2) is 4.99 Å². The maximum absolute atomic E-state index is 12.1. The van der Waals surface area contributed by atoms with Gasteiger partial charge >= 0.3 is 0 Å². The van der Waals surface area contributed by atoms with Crippen LogP contribution in [-0.2, 0) is 11.3 Å². The van der Waals surface area contributed by atoms with Crippen molar-refractivity contribution in [3.8, 4) is 5.75 Å². The highest BCUT2D eigenvalue weighted by molar-refractivity contribution is 14.0. The van der Waals surface area contributed by atoms with Crippen molar-refractivity contribution in [2.45, 2.75) is 32.4 Å². The third-order valence-corrected chi connectivity index (χ3v) is 5.68. The Labute approximate surface area is 214 Å². The van der Waals surface area contributed by atoms with Crippen LogP contribution in [0.2, 0.25) is 0 Å². The van der Waals surface area contributed by atoms with Gasteiger partial charge in [-0.1, -0.05) is 24.3 Å².